The van der Waals surface area contributed by atoms with Gasteiger partial charge in [0.05, 0.1) is 5.92 Å². The maximum Gasteiger partial charge on any atom is 0.307 e. The highest BCUT2D eigenvalue weighted by atomic mass is 16.5. The quantitative estimate of drug-likeness (QED) is 0.882. The number of nitrogens with zero attached hydrogens (tertiary/aromatic N) is 1. The molecule has 1 atom stereocenters. The van der Waals surface area contributed by atoms with Gasteiger partial charge in [-0.2, -0.15) is 0 Å². The Morgan fingerprint density at radius 2 is 1.83 bits per heavy atom. The molecule has 1 heterocycles. The van der Waals surface area contributed by atoms with E-state index < -0.39 is 5.97 Å². The van der Waals surface area contributed by atoms with Crippen molar-refractivity contribution in [2.45, 2.75) is 26.0 Å². The molecule has 126 valence electrons. The summed E-state index contributed by atoms with van der Waals surface area (Å²) in [7, 11) is 0. The van der Waals surface area contributed by atoms with Gasteiger partial charge in [-0.3, -0.25) is 9.69 Å². The number of benzene rings is 2. The first-order valence-electron chi connectivity index (χ1n) is 8.41. The van der Waals surface area contributed by atoms with Crippen molar-refractivity contribution in [2.24, 2.45) is 5.92 Å². The van der Waals surface area contributed by atoms with Crippen LogP contribution in [0.4, 0.5) is 0 Å². The molecule has 0 bridgehead atoms. The van der Waals surface area contributed by atoms with Gasteiger partial charge in [0, 0.05) is 13.1 Å². The van der Waals surface area contributed by atoms with Crippen LogP contribution < -0.4 is 4.74 Å². The highest BCUT2D eigenvalue weighted by Gasteiger charge is 2.25. The SMILES string of the molecule is O=C(O)C1CCCN(Cc2ccc(OCc3ccccc3)cc2)C1. The van der Waals surface area contributed by atoms with E-state index in [4.69, 9.17) is 9.84 Å². The highest BCUT2D eigenvalue weighted by molar-refractivity contribution is 5.70. The van der Waals surface area contributed by atoms with Crippen LogP contribution in [0, 0.1) is 5.92 Å². The molecule has 1 fully saturated rings. The molecule has 0 amide bonds. The molecule has 2 aromatic carbocycles. The lowest BCUT2D eigenvalue weighted by molar-refractivity contribution is -0.143. The first-order valence-corrected chi connectivity index (χ1v) is 8.41. The lowest BCUT2D eigenvalue weighted by atomic mass is 9.98. The Balaban J connectivity index is 1.52. The number of carboxylic acid groups (broad SMARTS) is 1. The molecule has 1 unspecified atom stereocenters. The summed E-state index contributed by atoms with van der Waals surface area (Å²) in [6.45, 7) is 2.97. The monoisotopic (exact) mass is 325 g/mol. The Labute approximate surface area is 142 Å². The average Bonchev–Trinajstić information content (AvgIpc) is 2.62. The summed E-state index contributed by atoms with van der Waals surface area (Å²) in [6.07, 6.45) is 1.74. The Morgan fingerprint density at radius 1 is 1.08 bits per heavy atom. The predicted molar refractivity (Wildman–Crippen MR) is 92.9 cm³/mol. The Kier molecular flexibility index (Phi) is 5.49. The second-order valence-electron chi connectivity index (χ2n) is 6.33. The maximum atomic E-state index is 11.1. The van der Waals surface area contributed by atoms with E-state index in [1.807, 2.05) is 42.5 Å². The van der Waals surface area contributed by atoms with Gasteiger partial charge in [0.15, 0.2) is 0 Å². The molecule has 4 nitrogen and oxygen atoms in total. The highest BCUT2D eigenvalue weighted by Crippen LogP contribution is 2.20. The summed E-state index contributed by atoms with van der Waals surface area (Å²) in [5, 5.41) is 9.17. The van der Waals surface area contributed by atoms with Crippen molar-refractivity contribution < 1.29 is 14.6 Å². The fourth-order valence-corrected chi connectivity index (χ4v) is 3.09. The minimum Gasteiger partial charge on any atom is -0.489 e. The third kappa shape index (κ3) is 4.59. The average molecular weight is 325 g/mol. The van der Waals surface area contributed by atoms with Crippen molar-refractivity contribution in [3.8, 4) is 5.75 Å². The van der Waals surface area contributed by atoms with Crippen LogP contribution in [-0.2, 0) is 17.9 Å². The van der Waals surface area contributed by atoms with Gasteiger partial charge in [-0.1, -0.05) is 42.5 Å². The molecule has 2 aromatic rings. The number of hydrogen-bond acceptors (Lipinski definition) is 3. The van der Waals surface area contributed by atoms with Crippen molar-refractivity contribution in [3.05, 3.63) is 65.7 Å². The summed E-state index contributed by atoms with van der Waals surface area (Å²) in [6, 6.07) is 18.2. The molecular weight excluding hydrogens is 302 g/mol. The minimum absolute atomic E-state index is 0.229. The van der Waals surface area contributed by atoms with Crippen molar-refractivity contribution in [3.63, 3.8) is 0 Å². The molecule has 1 N–H and O–H groups in total. The molecule has 0 aromatic heterocycles. The van der Waals surface area contributed by atoms with Crippen LogP contribution in [-0.4, -0.2) is 29.1 Å². The molecule has 4 heteroatoms. The smallest absolute Gasteiger partial charge is 0.307 e. The van der Waals surface area contributed by atoms with Crippen molar-refractivity contribution in [1.29, 1.82) is 0 Å². The molecule has 1 saturated heterocycles. The minimum atomic E-state index is -0.677. The lowest BCUT2D eigenvalue weighted by Gasteiger charge is -2.30. The topological polar surface area (TPSA) is 49.8 Å². The van der Waals surface area contributed by atoms with Crippen LogP contribution in [0.25, 0.3) is 0 Å². The van der Waals surface area contributed by atoms with Crippen LogP contribution in [0.1, 0.15) is 24.0 Å². The Morgan fingerprint density at radius 3 is 2.54 bits per heavy atom. The Bertz CT molecular complexity index is 654. The van der Waals surface area contributed by atoms with E-state index in [0.29, 0.717) is 13.2 Å². The molecule has 0 spiro atoms. The third-order valence-electron chi connectivity index (χ3n) is 4.43. The molecule has 0 radical (unpaired) electrons. The molecule has 24 heavy (non-hydrogen) atoms. The van der Waals surface area contributed by atoms with Crippen LogP contribution in [0.2, 0.25) is 0 Å². The third-order valence-corrected chi connectivity index (χ3v) is 4.43. The summed E-state index contributed by atoms with van der Waals surface area (Å²) >= 11 is 0. The summed E-state index contributed by atoms with van der Waals surface area (Å²) in [5.41, 5.74) is 2.34. The van der Waals surface area contributed by atoms with E-state index in [1.165, 1.54) is 5.56 Å². The number of ether oxygens (including phenoxy) is 1. The zero-order valence-corrected chi connectivity index (χ0v) is 13.7. The number of likely N-dealkylation sites (tertiary alicyclic amines) is 1. The number of hydrogen-bond donors (Lipinski definition) is 1. The zero-order chi connectivity index (χ0) is 16.8. The number of aliphatic carboxylic acids is 1. The molecule has 1 aliphatic rings. The number of rotatable bonds is 6. The van der Waals surface area contributed by atoms with Gasteiger partial charge >= 0.3 is 5.97 Å². The maximum absolute atomic E-state index is 11.1. The van der Waals surface area contributed by atoms with E-state index in [-0.39, 0.29) is 5.92 Å². The van der Waals surface area contributed by atoms with Gasteiger partial charge in [0.1, 0.15) is 12.4 Å². The van der Waals surface area contributed by atoms with E-state index in [2.05, 4.69) is 17.0 Å². The standard InChI is InChI=1S/C20H23NO3/c22-20(23)18-7-4-12-21(14-18)13-16-8-10-19(11-9-16)24-15-17-5-2-1-3-6-17/h1-3,5-6,8-11,18H,4,7,12-15H2,(H,22,23). The molecule has 0 aliphatic carbocycles. The van der Waals surface area contributed by atoms with Gasteiger partial charge in [-0.25, -0.2) is 0 Å². The second kappa shape index (κ2) is 7.97. The molecule has 3 rings (SSSR count). The van der Waals surface area contributed by atoms with Gasteiger partial charge < -0.3 is 9.84 Å². The van der Waals surface area contributed by atoms with E-state index >= 15 is 0 Å². The molecular formula is C20H23NO3. The fraction of sp³-hybridized carbons (Fsp3) is 0.350. The number of carbonyl (C=O) groups is 1. The van der Waals surface area contributed by atoms with Crippen molar-refractivity contribution in [2.75, 3.05) is 13.1 Å². The van der Waals surface area contributed by atoms with Gasteiger partial charge in [0.25, 0.3) is 0 Å². The fourth-order valence-electron chi connectivity index (χ4n) is 3.09. The lowest BCUT2D eigenvalue weighted by Crippen LogP contribution is -2.38. The van der Waals surface area contributed by atoms with E-state index in [1.54, 1.807) is 0 Å². The van der Waals surface area contributed by atoms with Crippen molar-refractivity contribution in [1.82, 2.24) is 4.90 Å². The van der Waals surface area contributed by atoms with Gasteiger partial charge in [-0.15, -0.1) is 0 Å². The van der Waals surface area contributed by atoms with E-state index in [0.717, 1.165) is 37.2 Å². The first kappa shape index (κ1) is 16.5. The van der Waals surface area contributed by atoms with Crippen LogP contribution in [0.15, 0.2) is 54.6 Å². The summed E-state index contributed by atoms with van der Waals surface area (Å²) < 4.78 is 5.79. The number of carboxylic acids is 1. The van der Waals surface area contributed by atoms with Crippen molar-refractivity contribution >= 4 is 5.97 Å². The zero-order valence-electron chi connectivity index (χ0n) is 13.7. The van der Waals surface area contributed by atoms with Crippen LogP contribution in [0.3, 0.4) is 0 Å². The first-order chi connectivity index (χ1) is 11.7. The van der Waals surface area contributed by atoms with E-state index in [9.17, 15) is 4.79 Å². The molecule has 0 saturated carbocycles. The summed E-state index contributed by atoms with van der Waals surface area (Å²) in [4.78, 5) is 13.4. The Hall–Kier alpha value is -2.33. The van der Waals surface area contributed by atoms with Gasteiger partial charge in [0.2, 0.25) is 0 Å². The number of piperidine rings is 1. The summed E-state index contributed by atoms with van der Waals surface area (Å²) in [5.74, 6) is -0.0544. The molecule has 1 aliphatic heterocycles. The largest absolute Gasteiger partial charge is 0.489 e. The normalized spacial score (nSPS) is 18.2. The second-order valence-corrected chi connectivity index (χ2v) is 6.33. The predicted octanol–water partition coefficient (Wildman–Crippen LogP) is 3.56. The van der Waals surface area contributed by atoms with Crippen LogP contribution >= 0.6 is 0 Å². The van der Waals surface area contributed by atoms with Gasteiger partial charge in [-0.05, 0) is 42.6 Å². The van der Waals surface area contributed by atoms with Crippen LogP contribution in [0.5, 0.6) is 5.75 Å².